The van der Waals surface area contributed by atoms with Crippen molar-refractivity contribution in [2.24, 2.45) is 0 Å². The number of benzene rings is 7. The van der Waals surface area contributed by atoms with Crippen molar-refractivity contribution in [3.8, 4) is 22.3 Å². The SMILES string of the molecule is c1ccc(-c2ccc3c(c2)P(c2ccccc2)c2cccc4c2N3c2ccc(-c3ccccc3)cc2P4c2ccccc2)cc1. The molecule has 9 rings (SSSR count). The molecule has 0 aliphatic carbocycles. The number of anilines is 3. The van der Waals surface area contributed by atoms with Crippen molar-refractivity contribution in [3.63, 3.8) is 0 Å². The molecule has 45 heavy (non-hydrogen) atoms. The van der Waals surface area contributed by atoms with Crippen LogP contribution in [0.1, 0.15) is 0 Å². The first kappa shape index (κ1) is 26.6. The summed E-state index contributed by atoms with van der Waals surface area (Å²) in [4.78, 5) is 2.59. The summed E-state index contributed by atoms with van der Waals surface area (Å²) in [5, 5.41) is 8.47. The van der Waals surface area contributed by atoms with E-state index in [2.05, 4.69) is 181 Å². The molecule has 0 radical (unpaired) electrons. The highest BCUT2D eigenvalue weighted by atomic mass is 31.1. The van der Waals surface area contributed by atoms with Gasteiger partial charge in [-0.2, -0.15) is 0 Å². The van der Waals surface area contributed by atoms with Crippen molar-refractivity contribution in [2.75, 3.05) is 4.90 Å². The molecule has 3 heteroatoms. The van der Waals surface area contributed by atoms with Gasteiger partial charge in [0, 0.05) is 21.2 Å². The number of rotatable bonds is 4. The molecule has 2 aliphatic heterocycles. The minimum atomic E-state index is -0.771. The van der Waals surface area contributed by atoms with Gasteiger partial charge in [-0.3, -0.25) is 0 Å². The first-order valence-corrected chi connectivity index (χ1v) is 18.1. The van der Waals surface area contributed by atoms with Crippen LogP contribution in [-0.4, -0.2) is 0 Å². The second-order valence-corrected chi connectivity index (χ2v) is 15.8. The van der Waals surface area contributed by atoms with Crippen LogP contribution in [0.4, 0.5) is 17.1 Å². The third-order valence-corrected chi connectivity index (χ3v) is 13.9. The Labute approximate surface area is 267 Å². The van der Waals surface area contributed by atoms with Gasteiger partial charge in [-0.05, 0) is 73.0 Å². The van der Waals surface area contributed by atoms with Crippen molar-refractivity contribution in [3.05, 3.63) is 176 Å². The minimum absolute atomic E-state index is 0.771. The van der Waals surface area contributed by atoms with Crippen LogP contribution < -0.4 is 36.7 Å². The molecular weight excluding hydrogens is 580 g/mol. The van der Waals surface area contributed by atoms with Crippen LogP contribution in [-0.2, 0) is 0 Å². The largest absolute Gasteiger partial charge is 0.308 e. The summed E-state index contributed by atoms with van der Waals surface area (Å²) in [5.41, 5.74) is 8.99. The molecule has 2 atom stereocenters. The molecule has 7 aromatic carbocycles. The summed E-state index contributed by atoms with van der Waals surface area (Å²) in [5.74, 6) is 0. The number of hydrogen-bond acceptors (Lipinski definition) is 1. The lowest BCUT2D eigenvalue weighted by atomic mass is 10.0. The Morgan fingerprint density at radius 2 is 0.711 bits per heavy atom. The minimum Gasteiger partial charge on any atom is -0.308 e. The fourth-order valence-corrected chi connectivity index (χ4v) is 12.2. The zero-order chi connectivity index (χ0) is 29.7. The molecule has 2 aliphatic rings. The molecular formula is C42H29NP2. The highest BCUT2D eigenvalue weighted by Crippen LogP contribution is 2.55. The van der Waals surface area contributed by atoms with Crippen LogP contribution in [0.15, 0.2) is 176 Å². The van der Waals surface area contributed by atoms with E-state index in [1.54, 1.807) is 0 Å². The number of fused-ring (bicyclic) bond motifs is 4. The molecule has 0 aromatic heterocycles. The van der Waals surface area contributed by atoms with Crippen molar-refractivity contribution < 1.29 is 0 Å². The second kappa shape index (κ2) is 11.0. The van der Waals surface area contributed by atoms with Crippen molar-refractivity contribution in [1.82, 2.24) is 0 Å². The zero-order valence-electron chi connectivity index (χ0n) is 24.6. The maximum absolute atomic E-state index is 2.59. The number of para-hydroxylation sites is 1. The average molecular weight is 610 g/mol. The van der Waals surface area contributed by atoms with Gasteiger partial charge in [-0.1, -0.05) is 152 Å². The topological polar surface area (TPSA) is 3.24 Å². The lowest BCUT2D eigenvalue weighted by molar-refractivity contribution is 1.31. The van der Waals surface area contributed by atoms with Crippen LogP contribution in [0, 0.1) is 0 Å². The van der Waals surface area contributed by atoms with Crippen molar-refractivity contribution in [2.45, 2.75) is 0 Å². The van der Waals surface area contributed by atoms with E-state index in [4.69, 9.17) is 0 Å². The first-order chi connectivity index (χ1) is 22.3. The molecule has 0 saturated carbocycles. The molecule has 0 bridgehead atoms. The Hall–Kier alpha value is -4.80. The lowest BCUT2D eigenvalue weighted by Gasteiger charge is -2.45. The smallest absolute Gasteiger partial charge is 0.0629 e. The predicted octanol–water partition coefficient (Wildman–Crippen LogP) is 8.63. The van der Waals surface area contributed by atoms with E-state index >= 15 is 0 Å². The van der Waals surface area contributed by atoms with Crippen LogP contribution >= 0.6 is 15.8 Å². The molecule has 2 unspecified atom stereocenters. The van der Waals surface area contributed by atoms with E-state index in [1.807, 2.05) is 0 Å². The maximum atomic E-state index is 2.59. The van der Waals surface area contributed by atoms with Crippen LogP contribution in [0.25, 0.3) is 22.3 Å². The molecule has 0 spiro atoms. The predicted molar refractivity (Wildman–Crippen MR) is 197 cm³/mol. The molecule has 0 fully saturated rings. The van der Waals surface area contributed by atoms with Gasteiger partial charge in [-0.15, -0.1) is 0 Å². The lowest BCUT2D eigenvalue weighted by Crippen LogP contribution is -2.43. The third kappa shape index (κ3) is 4.39. The van der Waals surface area contributed by atoms with Gasteiger partial charge in [0.15, 0.2) is 0 Å². The Balaban J connectivity index is 1.34. The van der Waals surface area contributed by atoms with Crippen molar-refractivity contribution in [1.29, 1.82) is 0 Å². The molecule has 7 aromatic rings. The standard InChI is InChI=1S/C42H29NP2/c1-5-14-30(15-6-1)32-24-26-36-40(28-32)44(34-18-9-3-10-19-34)38-22-13-23-39-42(38)43(36)37-27-25-33(31-16-7-2-8-17-31)29-41(37)45(39)35-20-11-4-12-21-35/h1-29H. The van der Waals surface area contributed by atoms with Gasteiger partial charge in [0.25, 0.3) is 0 Å². The van der Waals surface area contributed by atoms with E-state index < -0.39 is 15.8 Å². The Morgan fingerprint density at radius 3 is 1.13 bits per heavy atom. The monoisotopic (exact) mass is 609 g/mol. The highest BCUT2D eigenvalue weighted by molar-refractivity contribution is 7.82. The quantitative estimate of drug-likeness (QED) is 0.181. The summed E-state index contributed by atoms with van der Waals surface area (Å²) < 4.78 is 0. The summed E-state index contributed by atoms with van der Waals surface area (Å²) in [6.45, 7) is 0. The fourth-order valence-electron chi connectivity index (χ4n) is 6.85. The van der Waals surface area contributed by atoms with E-state index in [0.29, 0.717) is 0 Å². The summed E-state index contributed by atoms with van der Waals surface area (Å²) >= 11 is 0. The van der Waals surface area contributed by atoms with Gasteiger partial charge in [0.1, 0.15) is 0 Å². The van der Waals surface area contributed by atoms with Gasteiger partial charge >= 0.3 is 0 Å². The van der Waals surface area contributed by atoms with E-state index in [1.165, 1.54) is 71.1 Å². The van der Waals surface area contributed by atoms with Gasteiger partial charge in [0.05, 0.1) is 17.1 Å². The molecule has 1 nitrogen and oxygen atoms in total. The van der Waals surface area contributed by atoms with E-state index in [-0.39, 0.29) is 0 Å². The third-order valence-electron chi connectivity index (χ3n) is 8.86. The molecule has 0 amide bonds. The zero-order valence-corrected chi connectivity index (χ0v) is 26.4. The highest BCUT2D eigenvalue weighted by Gasteiger charge is 2.40. The van der Waals surface area contributed by atoms with Gasteiger partial charge in [-0.25, -0.2) is 0 Å². The maximum Gasteiger partial charge on any atom is 0.0629 e. The Morgan fingerprint density at radius 1 is 0.311 bits per heavy atom. The Bertz CT molecular complexity index is 2010. The second-order valence-electron chi connectivity index (χ2n) is 11.5. The fraction of sp³-hybridized carbons (Fsp3) is 0. The van der Waals surface area contributed by atoms with Gasteiger partial charge in [0.2, 0.25) is 0 Å². The summed E-state index contributed by atoms with van der Waals surface area (Å²) in [6, 6.07) is 65.3. The number of nitrogens with zero attached hydrogens (tertiary/aromatic N) is 1. The summed E-state index contributed by atoms with van der Waals surface area (Å²) in [6.07, 6.45) is 0. The van der Waals surface area contributed by atoms with Crippen LogP contribution in [0.2, 0.25) is 0 Å². The van der Waals surface area contributed by atoms with E-state index in [9.17, 15) is 0 Å². The van der Waals surface area contributed by atoms with E-state index in [0.717, 1.165) is 0 Å². The molecule has 0 saturated heterocycles. The summed E-state index contributed by atoms with van der Waals surface area (Å²) in [7, 11) is -1.54. The normalized spacial score (nSPS) is 16.0. The Kier molecular flexibility index (Phi) is 6.48. The van der Waals surface area contributed by atoms with Crippen LogP contribution in [0.3, 0.4) is 0 Å². The first-order valence-electron chi connectivity index (χ1n) is 15.4. The molecule has 212 valence electrons. The van der Waals surface area contributed by atoms with Gasteiger partial charge < -0.3 is 4.90 Å². The van der Waals surface area contributed by atoms with Crippen molar-refractivity contribution >= 4 is 64.7 Å². The molecule has 0 N–H and O–H groups in total. The average Bonchev–Trinajstić information content (AvgIpc) is 3.12. The molecule has 2 heterocycles. The number of hydrogen-bond donors (Lipinski definition) is 0. The van der Waals surface area contributed by atoms with Crippen LogP contribution in [0.5, 0.6) is 0 Å².